The van der Waals surface area contributed by atoms with E-state index in [1.807, 2.05) is 19.1 Å². The molecule has 0 aliphatic heterocycles. The van der Waals surface area contributed by atoms with Crippen molar-refractivity contribution < 1.29 is 20.2 Å². The SMILES string of the molecule is CC[C@@H](C)/C=C(C)/C=C/C=C/C=C/C(=O)c1c(O)c(-c2ccc(O)cc2)cn(O)c1=O. The first-order valence-electron chi connectivity index (χ1n) is 9.96. The Balaban J connectivity index is 2.22. The number of allylic oxidation sites excluding steroid dienone is 8. The van der Waals surface area contributed by atoms with Crippen LogP contribution in [0.5, 0.6) is 11.5 Å². The highest BCUT2D eigenvalue weighted by Crippen LogP contribution is 2.31. The summed E-state index contributed by atoms with van der Waals surface area (Å²) in [7, 11) is 0. The third-order valence-corrected chi connectivity index (χ3v) is 4.72. The number of nitrogens with zero attached hydrogens (tertiary/aromatic N) is 1. The van der Waals surface area contributed by atoms with E-state index in [0.717, 1.165) is 24.3 Å². The molecule has 0 spiro atoms. The van der Waals surface area contributed by atoms with Crippen LogP contribution in [0.1, 0.15) is 37.6 Å². The zero-order chi connectivity index (χ0) is 23.0. The van der Waals surface area contributed by atoms with E-state index in [4.69, 9.17) is 0 Å². The van der Waals surface area contributed by atoms with Crippen LogP contribution in [0.2, 0.25) is 0 Å². The van der Waals surface area contributed by atoms with E-state index in [9.17, 15) is 25.0 Å². The van der Waals surface area contributed by atoms with Crippen LogP contribution in [-0.4, -0.2) is 25.9 Å². The Bertz CT molecular complexity index is 1100. The van der Waals surface area contributed by atoms with Gasteiger partial charge in [0.1, 0.15) is 17.1 Å². The summed E-state index contributed by atoms with van der Waals surface area (Å²) in [6.07, 6.45) is 14.0. The third kappa shape index (κ3) is 6.34. The van der Waals surface area contributed by atoms with Crippen LogP contribution in [0.4, 0.5) is 0 Å². The first-order chi connectivity index (χ1) is 14.7. The van der Waals surface area contributed by atoms with Crippen molar-refractivity contribution in [1.29, 1.82) is 0 Å². The highest BCUT2D eigenvalue weighted by molar-refractivity contribution is 6.07. The van der Waals surface area contributed by atoms with Crippen molar-refractivity contribution in [3.8, 4) is 22.6 Å². The van der Waals surface area contributed by atoms with E-state index in [1.54, 1.807) is 12.2 Å². The molecule has 6 nitrogen and oxygen atoms in total. The number of hydrogen-bond donors (Lipinski definition) is 3. The molecule has 3 N–H and O–H groups in total. The monoisotopic (exact) mass is 421 g/mol. The number of phenolic OH excluding ortho intramolecular Hbond substituents is 1. The molecule has 0 amide bonds. The highest BCUT2D eigenvalue weighted by atomic mass is 16.5. The van der Waals surface area contributed by atoms with Crippen LogP contribution in [0.3, 0.4) is 0 Å². The predicted molar refractivity (Wildman–Crippen MR) is 122 cm³/mol. The zero-order valence-corrected chi connectivity index (χ0v) is 17.8. The standard InChI is InChI=1S/C25H27NO5/c1-4-17(2)15-18(3)9-7-5-6-8-10-22(28)23-24(29)21(16-26(31)25(23)30)19-11-13-20(27)14-12-19/h5-17,27,29,31H,4H2,1-3H3/b6-5+,9-7+,10-8+,18-15+/t17-/m1/s1. The van der Waals surface area contributed by atoms with Gasteiger partial charge in [-0.15, -0.1) is 0 Å². The number of aromatic nitrogens is 1. The van der Waals surface area contributed by atoms with Gasteiger partial charge in [-0.2, -0.15) is 4.73 Å². The highest BCUT2D eigenvalue weighted by Gasteiger charge is 2.20. The van der Waals surface area contributed by atoms with Gasteiger partial charge in [-0.3, -0.25) is 9.59 Å². The van der Waals surface area contributed by atoms with Crippen molar-refractivity contribution in [2.24, 2.45) is 5.92 Å². The minimum Gasteiger partial charge on any atom is -0.508 e. The lowest BCUT2D eigenvalue weighted by Crippen LogP contribution is -2.24. The van der Waals surface area contributed by atoms with Crippen molar-refractivity contribution in [3.63, 3.8) is 0 Å². The molecule has 1 heterocycles. The van der Waals surface area contributed by atoms with Gasteiger partial charge < -0.3 is 15.4 Å². The van der Waals surface area contributed by atoms with Gasteiger partial charge >= 0.3 is 0 Å². The lowest BCUT2D eigenvalue weighted by atomic mass is 10.0. The molecule has 0 radical (unpaired) electrons. The Hall–Kier alpha value is -3.80. The molecule has 162 valence electrons. The fourth-order valence-electron chi connectivity index (χ4n) is 2.85. The lowest BCUT2D eigenvalue weighted by molar-refractivity contribution is 0.103. The van der Waals surface area contributed by atoms with Crippen LogP contribution >= 0.6 is 0 Å². The number of ketones is 1. The predicted octanol–water partition coefficient (Wildman–Crippen LogP) is 5.01. The molecule has 1 atom stereocenters. The maximum absolute atomic E-state index is 12.5. The third-order valence-electron chi connectivity index (χ3n) is 4.72. The molecule has 31 heavy (non-hydrogen) atoms. The number of benzene rings is 1. The molecule has 6 heteroatoms. The number of aromatic hydroxyl groups is 2. The fraction of sp³-hybridized carbons (Fsp3) is 0.200. The van der Waals surface area contributed by atoms with Crippen molar-refractivity contribution in [2.45, 2.75) is 27.2 Å². The van der Waals surface area contributed by atoms with Gasteiger partial charge in [-0.1, -0.05) is 74.4 Å². The van der Waals surface area contributed by atoms with E-state index in [2.05, 4.69) is 19.9 Å². The molecule has 0 saturated carbocycles. The minimum absolute atomic E-state index is 0.0196. The van der Waals surface area contributed by atoms with Gasteiger partial charge in [0, 0.05) is 5.56 Å². The summed E-state index contributed by atoms with van der Waals surface area (Å²) in [5.41, 5.74) is 0.0753. The summed E-state index contributed by atoms with van der Waals surface area (Å²) in [5, 5.41) is 29.8. The number of carbonyl (C=O) groups excluding carboxylic acids is 1. The normalized spacial score (nSPS) is 13.5. The quantitative estimate of drug-likeness (QED) is 0.241. The van der Waals surface area contributed by atoms with Crippen molar-refractivity contribution >= 4 is 5.78 Å². The van der Waals surface area contributed by atoms with Crippen molar-refractivity contribution in [1.82, 2.24) is 4.73 Å². The number of carbonyl (C=O) groups is 1. The molecule has 1 aromatic heterocycles. The summed E-state index contributed by atoms with van der Waals surface area (Å²) in [4.78, 5) is 24.7. The Labute approximate surface area is 181 Å². The first kappa shape index (κ1) is 23.5. The van der Waals surface area contributed by atoms with Gasteiger partial charge in [0.2, 0.25) is 0 Å². The Morgan fingerprint density at radius 1 is 1.06 bits per heavy atom. The summed E-state index contributed by atoms with van der Waals surface area (Å²) < 4.78 is 0.258. The Morgan fingerprint density at radius 2 is 1.68 bits per heavy atom. The number of rotatable bonds is 8. The minimum atomic E-state index is -1.02. The largest absolute Gasteiger partial charge is 0.508 e. The summed E-state index contributed by atoms with van der Waals surface area (Å²) in [5.74, 6) is -0.754. The molecule has 0 saturated heterocycles. The number of phenols is 1. The summed E-state index contributed by atoms with van der Waals surface area (Å²) in [6.45, 7) is 6.29. The molecule has 0 aliphatic rings. The van der Waals surface area contributed by atoms with Crippen molar-refractivity contribution in [2.75, 3.05) is 0 Å². The molecule has 2 aromatic rings. The maximum atomic E-state index is 12.5. The second-order valence-corrected chi connectivity index (χ2v) is 7.23. The molecular weight excluding hydrogens is 394 g/mol. The smallest absolute Gasteiger partial charge is 0.297 e. The summed E-state index contributed by atoms with van der Waals surface area (Å²) >= 11 is 0. The average Bonchev–Trinajstić information content (AvgIpc) is 2.74. The van der Waals surface area contributed by atoms with E-state index in [1.165, 1.54) is 30.3 Å². The average molecular weight is 421 g/mol. The lowest BCUT2D eigenvalue weighted by Gasteiger charge is -2.10. The van der Waals surface area contributed by atoms with Gasteiger partial charge in [0.05, 0.1) is 6.20 Å². The topological polar surface area (TPSA) is 99.8 Å². The second kappa shape index (κ2) is 10.8. The molecule has 0 unspecified atom stereocenters. The Kier molecular flexibility index (Phi) is 8.20. The van der Waals surface area contributed by atoms with Crippen LogP contribution in [-0.2, 0) is 0 Å². The Morgan fingerprint density at radius 3 is 2.29 bits per heavy atom. The van der Waals surface area contributed by atoms with Crippen LogP contribution in [0, 0.1) is 5.92 Å². The van der Waals surface area contributed by atoms with Gasteiger partial charge in [0.15, 0.2) is 5.78 Å². The molecule has 1 aromatic carbocycles. The summed E-state index contributed by atoms with van der Waals surface area (Å²) in [6, 6.07) is 5.76. The maximum Gasteiger partial charge on any atom is 0.297 e. The molecule has 0 fully saturated rings. The number of pyridine rings is 1. The second-order valence-electron chi connectivity index (χ2n) is 7.23. The van der Waals surface area contributed by atoms with Gasteiger partial charge in [0.25, 0.3) is 5.56 Å². The number of hydrogen-bond acceptors (Lipinski definition) is 5. The van der Waals surface area contributed by atoms with E-state index >= 15 is 0 Å². The van der Waals surface area contributed by atoms with Crippen molar-refractivity contribution in [3.05, 3.63) is 94.5 Å². The van der Waals surface area contributed by atoms with Gasteiger partial charge in [-0.25, -0.2) is 0 Å². The van der Waals surface area contributed by atoms with E-state index < -0.39 is 22.7 Å². The molecule has 2 rings (SSSR count). The first-order valence-corrected chi connectivity index (χ1v) is 9.96. The van der Waals surface area contributed by atoms with Crippen LogP contribution < -0.4 is 5.56 Å². The van der Waals surface area contributed by atoms with E-state index in [-0.39, 0.29) is 16.0 Å². The fourth-order valence-corrected chi connectivity index (χ4v) is 2.85. The zero-order valence-electron chi connectivity index (χ0n) is 17.8. The van der Waals surface area contributed by atoms with E-state index in [0.29, 0.717) is 11.5 Å². The van der Waals surface area contributed by atoms with Crippen LogP contribution in [0.15, 0.2) is 83.4 Å². The molecule has 0 aliphatic carbocycles. The molecular formula is C25H27NO5. The van der Waals surface area contributed by atoms with Crippen LogP contribution in [0.25, 0.3) is 11.1 Å². The molecule has 0 bridgehead atoms. The van der Waals surface area contributed by atoms with Gasteiger partial charge in [-0.05, 0) is 36.6 Å².